The van der Waals surface area contributed by atoms with E-state index >= 15 is 0 Å². The number of aromatic nitrogens is 4. The lowest BCUT2D eigenvalue weighted by Crippen LogP contribution is -2.36. The third-order valence-corrected chi connectivity index (χ3v) is 6.85. The first-order valence-electron chi connectivity index (χ1n) is 9.48. The number of fused-ring (bicyclic) bond motifs is 1. The predicted octanol–water partition coefficient (Wildman–Crippen LogP) is 2.17. The van der Waals surface area contributed by atoms with E-state index in [4.69, 9.17) is 0 Å². The lowest BCUT2D eigenvalue weighted by molar-refractivity contribution is 0.101. The van der Waals surface area contributed by atoms with E-state index in [2.05, 4.69) is 20.4 Å². The minimum atomic E-state index is -3.70. The molecule has 1 fully saturated rings. The standard InChI is InChI=1S/C19H22N6O3S/c1-13-12-14(2)25-19(20-13)22-17(23-25)18(26)21-15-8-4-5-9-16(15)29(27,28)24-10-6-3-7-11-24/h4-5,8-9,12H,3,6-7,10-11H2,1-2H3,(H,21,26). The molecule has 152 valence electrons. The van der Waals surface area contributed by atoms with Crippen molar-refractivity contribution in [1.29, 1.82) is 0 Å². The van der Waals surface area contributed by atoms with Gasteiger partial charge in [0, 0.05) is 24.5 Å². The number of hydrogen-bond acceptors (Lipinski definition) is 6. The zero-order valence-corrected chi connectivity index (χ0v) is 17.1. The number of carbonyl (C=O) groups is 1. The van der Waals surface area contributed by atoms with Gasteiger partial charge in [-0.1, -0.05) is 18.6 Å². The Balaban J connectivity index is 1.65. The predicted molar refractivity (Wildman–Crippen MR) is 107 cm³/mol. The van der Waals surface area contributed by atoms with Crippen molar-refractivity contribution in [3.05, 3.63) is 47.5 Å². The summed E-state index contributed by atoms with van der Waals surface area (Å²) >= 11 is 0. The first-order chi connectivity index (χ1) is 13.9. The van der Waals surface area contributed by atoms with E-state index in [9.17, 15) is 13.2 Å². The number of carbonyl (C=O) groups excluding carboxylic acids is 1. The number of para-hydroxylation sites is 1. The Morgan fingerprint density at radius 3 is 2.55 bits per heavy atom. The smallest absolute Gasteiger partial charge is 0.295 e. The fourth-order valence-corrected chi connectivity index (χ4v) is 5.14. The molecule has 3 aromatic rings. The summed E-state index contributed by atoms with van der Waals surface area (Å²) in [6.07, 6.45) is 2.70. The minimum Gasteiger partial charge on any atom is -0.318 e. The van der Waals surface area contributed by atoms with Crippen LogP contribution in [-0.4, -0.2) is 51.3 Å². The third-order valence-electron chi connectivity index (χ3n) is 4.89. The molecule has 3 heterocycles. The molecule has 0 aliphatic carbocycles. The highest BCUT2D eigenvalue weighted by Crippen LogP contribution is 2.27. The van der Waals surface area contributed by atoms with Crippen LogP contribution in [0.5, 0.6) is 0 Å². The molecule has 1 aliphatic rings. The van der Waals surface area contributed by atoms with Gasteiger partial charge >= 0.3 is 0 Å². The number of anilines is 1. The van der Waals surface area contributed by atoms with E-state index in [1.807, 2.05) is 19.9 Å². The Morgan fingerprint density at radius 2 is 1.79 bits per heavy atom. The number of piperidine rings is 1. The summed E-state index contributed by atoms with van der Waals surface area (Å²) in [5.74, 6) is -0.341. The van der Waals surface area contributed by atoms with Crippen LogP contribution in [0.3, 0.4) is 0 Å². The Kier molecular flexibility index (Phi) is 5.05. The highest BCUT2D eigenvalue weighted by molar-refractivity contribution is 7.89. The van der Waals surface area contributed by atoms with E-state index in [1.165, 1.54) is 14.9 Å². The van der Waals surface area contributed by atoms with Crippen molar-refractivity contribution in [1.82, 2.24) is 23.9 Å². The molecule has 0 spiro atoms. The van der Waals surface area contributed by atoms with Crippen molar-refractivity contribution < 1.29 is 13.2 Å². The van der Waals surface area contributed by atoms with Gasteiger partial charge in [-0.15, -0.1) is 5.10 Å². The lowest BCUT2D eigenvalue weighted by Gasteiger charge is -2.26. The van der Waals surface area contributed by atoms with Gasteiger partial charge in [0.2, 0.25) is 15.8 Å². The van der Waals surface area contributed by atoms with Crippen molar-refractivity contribution in [3.63, 3.8) is 0 Å². The summed E-state index contributed by atoms with van der Waals surface area (Å²) in [7, 11) is -3.70. The molecule has 4 rings (SSSR count). The van der Waals surface area contributed by atoms with E-state index in [1.54, 1.807) is 18.2 Å². The molecule has 1 aliphatic heterocycles. The Hall–Kier alpha value is -2.85. The Labute approximate surface area is 168 Å². The second-order valence-electron chi connectivity index (χ2n) is 7.10. The van der Waals surface area contributed by atoms with Gasteiger partial charge in [-0.2, -0.15) is 9.29 Å². The van der Waals surface area contributed by atoms with Crippen molar-refractivity contribution >= 4 is 27.4 Å². The molecule has 1 saturated heterocycles. The van der Waals surface area contributed by atoms with Crippen LogP contribution in [0.2, 0.25) is 0 Å². The van der Waals surface area contributed by atoms with Crippen LogP contribution in [-0.2, 0) is 10.0 Å². The Bertz CT molecular complexity index is 1180. The zero-order chi connectivity index (χ0) is 20.6. The molecule has 9 nitrogen and oxygen atoms in total. The van der Waals surface area contributed by atoms with Gasteiger partial charge in [0.25, 0.3) is 11.7 Å². The summed E-state index contributed by atoms with van der Waals surface area (Å²) < 4.78 is 29.1. The first kappa shape index (κ1) is 19.5. The molecule has 0 unspecified atom stereocenters. The van der Waals surface area contributed by atoms with Gasteiger partial charge in [0.15, 0.2) is 0 Å². The molecule has 0 saturated carbocycles. The van der Waals surface area contributed by atoms with Crippen LogP contribution >= 0.6 is 0 Å². The van der Waals surface area contributed by atoms with Crippen molar-refractivity contribution in [2.45, 2.75) is 38.0 Å². The molecule has 0 atom stereocenters. The molecule has 2 aromatic heterocycles. The number of sulfonamides is 1. The number of aryl methyl sites for hydroxylation is 2. The van der Waals surface area contributed by atoms with E-state index in [-0.39, 0.29) is 16.4 Å². The maximum absolute atomic E-state index is 13.1. The third kappa shape index (κ3) is 3.73. The fourth-order valence-electron chi connectivity index (χ4n) is 3.48. The van der Waals surface area contributed by atoms with Gasteiger partial charge in [-0.25, -0.2) is 17.9 Å². The van der Waals surface area contributed by atoms with Crippen LogP contribution in [0.1, 0.15) is 41.3 Å². The first-order valence-corrected chi connectivity index (χ1v) is 10.9. The number of amides is 1. The van der Waals surface area contributed by atoms with E-state index in [0.29, 0.717) is 18.9 Å². The second-order valence-corrected chi connectivity index (χ2v) is 9.01. The molecular weight excluding hydrogens is 392 g/mol. The van der Waals surface area contributed by atoms with Gasteiger partial charge in [-0.3, -0.25) is 4.79 Å². The monoisotopic (exact) mass is 414 g/mol. The summed E-state index contributed by atoms with van der Waals surface area (Å²) in [6, 6.07) is 8.23. The SMILES string of the molecule is Cc1cc(C)n2nc(C(=O)Nc3ccccc3S(=O)(=O)N3CCCCC3)nc2n1. The molecule has 0 bridgehead atoms. The molecule has 1 aromatic carbocycles. The van der Waals surface area contributed by atoms with Crippen LogP contribution in [0, 0.1) is 13.8 Å². The van der Waals surface area contributed by atoms with Crippen molar-refractivity contribution in [2.75, 3.05) is 18.4 Å². The molecule has 1 N–H and O–H groups in total. The number of nitrogens with zero attached hydrogens (tertiary/aromatic N) is 5. The van der Waals surface area contributed by atoms with E-state index in [0.717, 1.165) is 30.7 Å². The summed E-state index contributed by atoms with van der Waals surface area (Å²) in [6.45, 7) is 4.66. The fraction of sp³-hybridized carbons (Fsp3) is 0.368. The van der Waals surface area contributed by atoms with Gasteiger partial charge in [0.1, 0.15) is 4.90 Å². The molecule has 1 amide bonds. The molecule has 10 heteroatoms. The molecular formula is C19H22N6O3S. The largest absolute Gasteiger partial charge is 0.318 e. The number of benzene rings is 1. The topological polar surface area (TPSA) is 110 Å². The molecule has 29 heavy (non-hydrogen) atoms. The minimum absolute atomic E-state index is 0.0728. The average Bonchev–Trinajstić information content (AvgIpc) is 3.13. The highest BCUT2D eigenvalue weighted by atomic mass is 32.2. The number of nitrogens with one attached hydrogen (secondary N) is 1. The van der Waals surface area contributed by atoms with Crippen LogP contribution < -0.4 is 5.32 Å². The zero-order valence-electron chi connectivity index (χ0n) is 16.3. The summed E-state index contributed by atoms with van der Waals surface area (Å²) in [4.78, 5) is 21.3. The lowest BCUT2D eigenvalue weighted by atomic mass is 10.2. The van der Waals surface area contributed by atoms with Crippen molar-refractivity contribution in [2.24, 2.45) is 0 Å². The van der Waals surface area contributed by atoms with Crippen LogP contribution in [0.25, 0.3) is 5.78 Å². The highest BCUT2D eigenvalue weighted by Gasteiger charge is 2.29. The normalized spacial score (nSPS) is 15.5. The average molecular weight is 414 g/mol. The Morgan fingerprint density at radius 1 is 1.07 bits per heavy atom. The second kappa shape index (κ2) is 7.53. The van der Waals surface area contributed by atoms with E-state index < -0.39 is 15.9 Å². The summed E-state index contributed by atoms with van der Waals surface area (Å²) in [5, 5.41) is 6.86. The van der Waals surface area contributed by atoms with Gasteiger partial charge in [0.05, 0.1) is 5.69 Å². The van der Waals surface area contributed by atoms with Gasteiger partial charge < -0.3 is 5.32 Å². The quantitative estimate of drug-likeness (QED) is 0.701. The number of hydrogen-bond donors (Lipinski definition) is 1. The maximum atomic E-state index is 13.1. The summed E-state index contributed by atoms with van der Waals surface area (Å²) in [5.41, 5.74) is 1.78. The van der Waals surface area contributed by atoms with Crippen LogP contribution in [0.4, 0.5) is 5.69 Å². The maximum Gasteiger partial charge on any atom is 0.295 e. The van der Waals surface area contributed by atoms with Crippen LogP contribution in [0.15, 0.2) is 35.2 Å². The van der Waals surface area contributed by atoms with Gasteiger partial charge in [-0.05, 0) is 44.9 Å². The molecule has 0 radical (unpaired) electrons. The van der Waals surface area contributed by atoms with Crippen molar-refractivity contribution in [3.8, 4) is 0 Å². The number of rotatable bonds is 4.